The molecule has 0 bridgehead atoms. The van der Waals surface area contributed by atoms with Crippen LogP contribution in [-0.4, -0.2) is 11.9 Å². The maximum absolute atomic E-state index is 12.2. The molecule has 0 fully saturated rings. The first-order valence-corrected chi connectivity index (χ1v) is 12.2. The standard InChI is InChI=1S/C32H24N2O4/c33-21-23-5-9-25(10-6-23)27-13-17-29(18-14-27)37-31(35)3-1-2-4-32(36)38-30-19-15-28(16-20-30)26-11-7-24(22-34)8-12-26/h5-20H,1-4H2. The van der Waals surface area contributed by atoms with Crippen molar-refractivity contribution in [1.82, 2.24) is 0 Å². The fourth-order valence-corrected chi connectivity index (χ4v) is 3.81. The molecule has 0 amide bonds. The van der Waals surface area contributed by atoms with Crippen LogP contribution in [0.2, 0.25) is 0 Å². The van der Waals surface area contributed by atoms with E-state index < -0.39 is 0 Å². The third-order valence-electron chi connectivity index (χ3n) is 5.88. The zero-order chi connectivity index (χ0) is 26.7. The van der Waals surface area contributed by atoms with Crippen LogP contribution in [0.5, 0.6) is 11.5 Å². The minimum Gasteiger partial charge on any atom is -0.427 e. The van der Waals surface area contributed by atoms with Crippen LogP contribution in [0.1, 0.15) is 36.8 Å². The molecule has 0 saturated carbocycles. The van der Waals surface area contributed by atoms with Crippen LogP contribution in [-0.2, 0) is 9.59 Å². The molecule has 0 atom stereocenters. The van der Waals surface area contributed by atoms with Gasteiger partial charge in [-0.2, -0.15) is 10.5 Å². The molecule has 6 nitrogen and oxygen atoms in total. The first-order chi connectivity index (χ1) is 18.5. The molecule has 6 heteroatoms. The van der Waals surface area contributed by atoms with Gasteiger partial charge in [0, 0.05) is 12.8 Å². The van der Waals surface area contributed by atoms with E-state index in [1.807, 2.05) is 48.5 Å². The van der Waals surface area contributed by atoms with Crippen molar-refractivity contribution in [3.8, 4) is 45.9 Å². The summed E-state index contributed by atoms with van der Waals surface area (Å²) >= 11 is 0. The Morgan fingerprint density at radius 2 is 0.789 bits per heavy atom. The Labute approximate surface area is 221 Å². The Hall–Kier alpha value is -5.20. The number of nitriles is 2. The Morgan fingerprint density at radius 3 is 1.08 bits per heavy atom. The van der Waals surface area contributed by atoms with Crippen molar-refractivity contribution in [2.75, 3.05) is 0 Å². The average molecular weight is 501 g/mol. The first kappa shape index (κ1) is 25.9. The van der Waals surface area contributed by atoms with E-state index in [0.29, 0.717) is 35.5 Å². The van der Waals surface area contributed by atoms with Crippen LogP contribution in [0.3, 0.4) is 0 Å². The lowest BCUT2D eigenvalue weighted by Crippen LogP contribution is -2.10. The molecule has 0 unspecified atom stereocenters. The molecule has 0 spiro atoms. The number of hydrogen-bond acceptors (Lipinski definition) is 6. The quantitative estimate of drug-likeness (QED) is 0.142. The number of carbonyl (C=O) groups excluding carboxylic acids is 2. The lowest BCUT2D eigenvalue weighted by atomic mass is 10.0. The molecule has 0 aliphatic carbocycles. The molecule has 4 aromatic rings. The predicted molar refractivity (Wildman–Crippen MR) is 143 cm³/mol. The summed E-state index contributed by atoms with van der Waals surface area (Å²) in [7, 11) is 0. The number of rotatable bonds is 9. The summed E-state index contributed by atoms with van der Waals surface area (Å²) < 4.78 is 10.8. The lowest BCUT2D eigenvalue weighted by molar-refractivity contribution is -0.136. The number of hydrogen-bond donors (Lipinski definition) is 0. The van der Waals surface area contributed by atoms with E-state index >= 15 is 0 Å². The number of benzene rings is 4. The Morgan fingerprint density at radius 1 is 0.500 bits per heavy atom. The van der Waals surface area contributed by atoms with Crippen LogP contribution >= 0.6 is 0 Å². The molecule has 0 aliphatic rings. The Kier molecular flexibility index (Phi) is 8.63. The number of unbranched alkanes of at least 4 members (excludes halogenated alkanes) is 1. The van der Waals surface area contributed by atoms with Gasteiger partial charge < -0.3 is 9.47 Å². The van der Waals surface area contributed by atoms with Gasteiger partial charge in [-0.05, 0) is 83.6 Å². The molecule has 4 rings (SSSR count). The highest BCUT2D eigenvalue weighted by atomic mass is 16.5. The molecular formula is C32H24N2O4. The fraction of sp³-hybridized carbons (Fsp3) is 0.125. The van der Waals surface area contributed by atoms with Gasteiger partial charge in [0.05, 0.1) is 23.3 Å². The Bertz CT molecular complexity index is 1360. The van der Waals surface area contributed by atoms with Gasteiger partial charge in [-0.25, -0.2) is 0 Å². The van der Waals surface area contributed by atoms with Crippen LogP contribution < -0.4 is 9.47 Å². The predicted octanol–water partition coefficient (Wildman–Crippen LogP) is 6.84. The van der Waals surface area contributed by atoms with Gasteiger partial charge in [-0.15, -0.1) is 0 Å². The van der Waals surface area contributed by atoms with Crippen molar-refractivity contribution in [1.29, 1.82) is 10.5 Å². The smallest absolute Gasteiger partial charge is 0.311 e. The molecule has 0 aliphatic heterocycles. The van der Waals surface area contributed by atoms with Crippen LogP contribution in [0.15, 0.2) is 97.1 Å². The zero-order valence-corrected chi connectivity index (χ0v) is 20.6. The summed E-state index contributed by atoms with van der Waals surface area (Å²) in [6.07, 6.45) is 1.41. The molecule has 0 saturated heterocycles. The van der Waals surface area contributed by atoms with Crippen LogP contribution in [0, 0.1) is 22.7 Å². The van der Waals surface area contributed by atoms with Crippen LogP contribution in [0.25, 0.3) is 22.3 Å². The molecular weight excluding hydrogens is 476 g/mol. The zero-order valence-electron chi connectivity index (χ0n) is 20.6. The topological polar surface area (TPSA) is 100 Å². The van der Waals surface area contributed by atoms with E-state index in [-0.39, 0.29) is 24.8 Å². The molecule has 0 N–H and O–H groups in total. The van der Waals surface area contributed by atoms with E-state index in [0.717, 1.165) is 22.3 Å². The largest absolute Gasteiger partial charge is 0.427 e. The van der Waals surface area contributed by atoms with Gasteiger partial charge in [0.25, 0.3) is 0 Å². The monoisotopic (exact) mass is 500 g/mol. The van der Waals surface area contributed by atoms with Crippen molar-refractivity contribution < 1.29 is 19.1 Å². The second kappa shape index (κ2) is 12.7. The van der Waals surface area contributed by atoms with Gasteiger partial charge in [-0.1, -0.05) is 48.5 Å². The van der Waals surface area contributed by atoms with E-state index in [2.05, 4.69) is 12.1 Å². The molecule has 0 heterocycles. The minimum atomic E-state index is -0.358. The second-order valence-electron chi connectivity index (χ2n) is 8.58. The summed E-state index contributed by atoms with van der Waals surface area (Å²) in [5, 5.41) is 17.8. The summed E-state index contributed by atoms with van der Waals surface area (Å²) in [6.45, 7) is 0. The van der Waals surface area contributed by atoms with Crippen LogP contribution in [0.4, 0.5) is 0 Å². The SMILES string of the molecule is N#Cc1ccc(-c2ccc(OC(=O)CCCCC(=O)Oc3ccc(-c4ccc(C#N)cc4)cc3)cc2)cc1. The molecule has 0 aromatic heterocycles. The normalized spacial score (nSPS) is 10.2. The van der Waals surface area contributed by atoms with E-state index in [4.69, 9.17) is 20.0 Å². The molecule has 38 heavy (non-hydrogen) atoms. The average Bonchev–Trinajstić information content (AvgIpc) is 2.96. The van der Waals surface area contributed by atoms with Crippen molar-refractivity contribution in [2.24, 2.45) is 0 Å². The van der Waals surface area contributed by atoms with E-state index in [1.165, 1.54) is 0 Å². The summed E-state index contributed by atoms with van der Waals surface area (Å²) in [5.41, 5.74) is 5.05. The highest BCUT2D eigenvalue weighted by Gasteiger charge is 2.09. The van der Waals surface area contributed by atoms with Crippen molar-refractivity contribution in [3.63, 3.8) is 0 Å². The van der Waals surface area contributed by atoms with E-state index in [1.54, 1.807) is 48.5 Å². The molecule has 0 radical (unpaired) electrons. The van der Waals surface area contributed by atoms with E-state index in [9.17, 15) is 9.59 Å². The fourth-order valence-electron chi connectivity index (χ4n) is 3.81. The van der Waals surface area contributed by atoms with Gasteiger partial charge in [0.1, 0.15) is 11.5 Å². The summed E-state index contributed by atoms with van der Waals surface area (Å²) in [5.74, 6) is 0.193. The Balaban J connectivity index is 1.16. The lowest BCUT2D eigenvalue weighted by Gasteiger charge is -2.07. The number of ether oxygens (including phenoxy) is 2. The summed E-state index contributed by atoms with van der Waals surface area (Å²) in [6, 6.07) is 33.1. The summed E-state index contributed by atoms with van der Waals surface area (Å²) in [4.78, 5) is 24.3. The van der Waals surface area contributed by atoms with Gasteiger partial charge >= 0.3 is 11.9 Å². The third-order valence-corrected chi connectivity index (χ3v) is 5.88. The van der Waals surface area contributed by atoms with Gasteiger partial charge in [0.15, 0.2) is 0 Å². The highest BCUT2D eigenvalue weighted by Crippen LogP contribution is 2.24. The number of nitrogens with zero attached hydrogens (tertiary/aromatic N) is 2. The minimum absolute atomic E-state index is 0.198. The van der Waals surface area contributed by atoms with Crippen molar-refractivity contribution >= 4 is 11.9 Å². The van der Waals surface area contributed by atoms with Crippen molar-refractivity contribution in [3.05, 3.63) is 108 Å². The van der Waals surface area contributed by atoms with Gasteiger partial charge in [-0.3, -0.25) is 9.59 Å². The highest BCUT2D eigenvalue weighted by molar-refractivity contribution is 5.74. The third kappa shape index (κ3) is 7.16. The molecule has 186 valence electrons. The second-order valence-corrected chi connectivity index (χ2v) is 8.58. The first-order valence-electron chi connectivity index (χ1n) is 12.2. The maximum atomic E-state index is 12.2. The number of carbonyl (C=O) groups is 2. The maximum Gasteiger partial charge on any atom is 0.311 e. The van der Waals surface area contributed by atoms with Crippen molar-refractivity contribution in [2.45, 2.75) is 25.7 Å². The molecule has 4 aromatic carbocycles. The van der Waals surface area contributed by atoms with Gasteiger partial charge in [0.2, 0.25) is 0 Å². The number of esters is 2.